The monoisotopic (exact) mass is 124 g/mol. The molecular formula is C3H8O2Ti. The van der Waals surface area contributed by atoms with E-state index in [2.05, 4.69) is 3.32 Å². The van der Waals surface area contributed by atoms with Crippen LogP contribution < -0.4 is 0 Å². The second kappa shape index (κ2) is 3.66. The van der Waals surface area contributed by atoms with E-state index in [0.29, 0.717) is 0 Å². The molecule has 6 heavy (non-hydrogen) atoms. The predicted octanol–water partition coefficient (Wildman–Crippen LogP) is 0.950. The molecule has 0 heterocycles. The van der Waals surface area contributed by atoms with Crippen LogP contribution >= 0.6 is 0 Å². The quantitative estimate of drug-likeness (QED) is 0.512. The summed E-state index contributed by atoms with van der Waals surface area (Å²) in [5.41, 5.74) is 0. The van der Waals surface area contributed by atoms with Crippen molar-refractivity contribution >= 4 is 0 Å². The van der Waals surface area contributed by atoms with Crippen molar-refractivity contribution in [1.29, 1.82) is 0 Å². The van der Waals surface area contributed by atoms with E-state index in [-0.39, 0.29) is 0 Å². The molecule has 0 N–H and O–H groups in total. The summed E-state index contributed by atoms with van der Waals surface area (Å²) in [5.74, 6) is 0. The molecule has 0 bridgehead atoms. The van der Waals surface area contributed by atoms with E-state index in [4.69, 9.17) is 0 Å². The minimum absolute atomic E-state index is 0.719. The van der Waals surface area contributed by atoms with Gasteiger partial charge in [0.15, 0.2) is 0 Å². The molecule has 0 saturated carbocycles. The van der Waals surface area contributed by atoms with Crippen molar-refractivity contribution in [2.75, 3.05) is 7.11 Å². The molecule has 0 aromatic rings. The van der Waals surface area contributed by atoms with E-state index >= 15 is 0 Å². The van der Waals surface area contributed by atoms with Crippen molar-refractivity contribution in [3.8, 4) is 0 Å². The van der Waals surface area contributed by atoms with Crippen LogP contribution in [0.25, 0.3) is 0 Å². The summed E-state index contributed by atoms with van der Waals surface area (Å²) >= 11 is -2.13. The van der Waals surface area contributed by atoms with Crippen molar-refractivity contribution in [2.24, 2.45) is 0 Å². The molecule has 0 atom stereocenters. The zero-order chi connectivity index (χ0) is 4.99. The van der Waals surface area contributed by atoms with Gasteiger partial charge in [-0.1, -0.05) is 0 Å². The fraction of sp³-hybridized carbons (Fsp3) is 1.00. The van der Waals surface area contributed by atoms with Crippen molar-refractivity contribution in [1.82, 2.24) is 0 Å². The number of hydrogen-bond acceptors (Lipinski definition) is 2. The maximum atomic E-state index is 10.2. The van der Waals surface area contributed by atoms with Gasteiger partial charge in [-0.25, -0.2) is 0 Å². The topological polar surface area (TPSA) is 26.3 Å². The van der Waals surface area contributed by atoms with Gasteiger partial charge in [-0.2, -0.15) is 0 Å². The van der Waals surface area contributed by atoms with Gasteiger partial charge in [0.2, 0.25) is 0 Å². The van der Waals surface area contributed by atoms with Crippen LogP contribution in [0.3, 0.4) is 0 Å². The normalized spacial score (nSPS) is 8.33. The van der Waals surface area contributed by atoms with Gasteiger partial charge in [-0.05, 0) is 0 Å². The van der Waals surface area contributed by atoms with Gasteiger partial charge in [0.25, 0.3) is 0 Å². The van der Waals surface area contributed by atoms with Crippen LogP contribution in [0.15, 0.2) is 0 Å². The molecule has 0 aliphatic heterocycles. The summed E-state index contributed by atoms with van der Waals surface area (Å²) in [6.07, 6.45) is 0. The Hall–Kier alpha value is 0.474. The molecule has 0 spiro atoms. The van der Waals surface area contributed by atoms with Crippen molar-refractivity contribution < 1.29 is 24.9 Å². The fourth-order valence-electron chi connectivity index (χ4n) is 0.144. The Balaban J connectivity index is 2.99. The van der Waals surface area contributed by atoms with Crippen molar-refractivity contribution in [3.05, 3.63) is 0 Å². The third-order valence-corrected chi connectivity index (χ3v) is 2.13. The van der Waals surface area contributed by atoms with Gasteiger partial charge >= 0.3 is 43.6 Å². The first-order chi connectivity index (χ1) is 2.81. The first kappa shape index (κ1) is 6.47. The molecular weight excluding hydrogens is 116 g/mol. The molecule has 0 unspecified atom stereocenters. The third kappa shape index (κ3) is 2.70. The van der Waals surface area contributed by atoms with Crippen LogP contribution in [-0.2, 0) is 24.9 Å². The molecule has 3 heteroatoms. The van der Waals surface area contributed by atoms with Gasteiger partial charge in [0.1, 0.15) is 0 Å². The summed E-state index contributed by atoms with van der Waals surface area (Å²) in [6.45, 7) is 1.87. The average molecular weight is 124 g/mol. The van der Waals surface area contributed by atoms with Crippen LogP contribution in [0, 0.1) is 0 Å². The van der Waals surface area contributed by atoms with Gasteiger partial charge in [0.05, 0.1) is 0 Å². The molecule has 0 fully saturated rings. The number of hydrogen-bond donors (Lipinski definition) is 0. The standard InChI is InChI=1S/C2H5.CH3O.O.Ti/c2*1-2;;/h1H2,2H3;1H3;;/q;-1;;+1. The Kier molecular flexibility index (Phi) is 3.95. The zero-order valence-corrected chi connectivity index (χ0v) is 5.59. The Bertz CT molecular complexity index is 46.8. The Morgan fingerprint density at radius 3 is 2.33 bits per heavy atom. The molecule has 0 saturated heterocycles. The summed E-state index contributed by atoms with van der Waals surface area (Å²) in [6, 6.07) is 0. The maximum absolute atomic E-state index is 10.2. The minimum atomic E-state index is -2.13. The second-order valence-electron chi connectivity index (χ2n) is 0.930. The van der Waals surface area contributed by atoms with E-state index in [1.807, 2.05) is 6.92 Å². The second-order valence-corrected chi connectivity index (χ2v) is 3.83. The van der Waals surface area contributed by atoms with E-state index < -0.39 is 18.2 Å². The van der Waals surface area contributed by atoms with E-state index in [0.717, 1.165) is 4.73 Å². The van der Waals surface area contributed by atoms with Gasteiger partial charge in [-0.3, -0.25) is 0 Å². The van der Waals surface area contributed by atoms with Crippen LogP contribution in [-0.4, -0.2) is 7.11 Å². The van der Waals surface area contributed by atoms with Crippen molar-refractivity contribution in [2.45, 2.75) is 11.6 Å². The van der Waals surface area contributed by atoms with Crippen LogP contribution in [0.2, 0.25) is 4.73 Å². The Morgan fingerprint density at radius 1 is 1.83 bits per heavy atom. The fourth-order valence-corrected chi connectivity index (χ4v) is 0.595. The summed E-state index contributed by atoms with van der Waals surface area (Å²) in [4.78, 5) is 0. The van der Waals surface area contributed by atoms with Crippen LogP contribution in [0.5, 0.6) is 0 Å². The molecule has 0 aliphatic carbocycles. The van der Waals surface area contributed by atoms with Crippen molar-refractivity contribution in [3.63, 3.8) is 0 Å². The van der Waals surface area contributed by atoms with Gasteiger partial charge < -0.3 is 0 Å². The first-order valence-electron chi connectivity index (χ1n) is 1.88. The molecule has 0 amide bonds. The molecule has 36 valence electrons. The first-order valence-corrected chi connectivity index (χ1v) is 4.26. The number of rotatable bonds is 2. The molecule has 0 rings (SSSR count). The molecule has 0 aliphatic rings. The molecule has 0 aromatic heterocycles. The Labute approximate surface area is 44.1 Å². The summed E-state index contributed by atoms with van der Waals surface area (Å²) < 4.78 is 15.4. The molecule has 2 nitrogen and oxygen atoms in total. The zero-order valence-electron chi connectivity index (χ0n) is 4.02. The SMILES string of the molecule is C[CH2][Ti](=[O])[O]C. The van der Waals surface area contributed by atoms with Gasteiger partial charge in [0, 0.05) is 0 Å². The van der Waals surface area contributed by atoms with Crippen LogP contribution in [0.4, 0.5) is 0 Å². The third-order valence-electron chi connectivity index (χ3n) is 0.516. The predicted molar refractivity (Wildman–Crippen MR) is 18.2 cm³/mol. The average Bonchev–Trinajstić information content (AvgIpc) is 1.65. The van der Waals surface area contributed by atoms with E-state index in [1.165, 1.54) is 7.11 Å². The molecule has 0 aromatic carbocycles. The van der Waals surface area contributed by atoms with Gasteiger partial charge in [-0.15, -0.1) is 0 Å². The Morgan fingerprint density at radius 2 is 2.33 bits per heavy atom. The van der Waals surface area contributed by atoms with E-state index in [9.17, 15) is 3.32 Å². The summed E-state index contributed by atoms with van der Waals surface area (Å²) in [7, 11) is 1.49. The van der Waals surface area contributed by atoms with Crippen LogP contribution in [0.1, 0.15) is 6.92 Å². The summed E-state index contributed by atoms with van der Waals surface area (Å²) in [5, 5.41) is 0. The van der Waals surface area contributed by atoms with E-state index in [1.54, 1.807) is 0 Å². The molecule has 0 radical (unpaired) electrons.